The Balaban J connectivity index is 1.31. The fraction of sp³-hybridized carbons (Fsp3) is 0.480. The third-order valence-corrected chi connectivity index (χ3v) is 9.01. The quantitative estimate of drug-likeness (QED) is 0.392. The first-order valence-electron chi connectivity index (χ1n) is 11.8. The number of nitrogens with zero attached hydrogens (tertiary/aromatic N) is 4. The van der Waals surface area contributed by atoms with Gasteiger partial charge >= 0.3 is 0 Å². The maximum absolute atomic E-state index is 13.5. The molecule has 0 unspecified atom stereocenters. The SMILES string of the molecule is Cc1sc2nc(SCC(=O)N3CCN(c4ccccc4)CC3)n(C3CCCC3)c(=O)c2c1C. The van der Waals surface area contributed by atoms with Crippen LogP contribution in [0.15, 0.2) is 40.3 Å². The second-order valence-electron chi connectivity index (χ2n) is 8.96. The van der Waals surface area contributed by atoms with Crippen molar-refractivity contribution in [3.8, 4) is 0 Å². The Morgan fingerprint density at radius 3 is 2.48 bits per heavy atom. The van der Waals surface area contributed by atoms with E-state index in [9.17, 15) is 9.59 Å². The van der Waals surface area contributed by atoms with E-state index in [2.05, 4.69) is 17.0 Å². The molecule has 1 aliphatic carbocycles. The summed E-state index contributed by atoms with van der Waals surface area (Å²) in [6.45, 7) is 7.18. The third kappa shape index (κ3) is 4.43. The number of para-hydroxylation sites is 1. The van der Waals surface area contributed by atoms with E-state index in [1.807, 2.05) is 41.5 Å². The van der Waals surface area contributed by atoms with Gasteiger partial charge in [-0.2, -0.15) is 0 Å². The van der Waals surface area contributed by atoms with Crippen LogP contribution >= 0.6 is 23.1 Å². The van der Waals surface area contributed by atoms with Gasteiger partial charge in [0.1, 0.15) is 4.83 Å². The highest BCUT2D eigenvalue weighted by Gasteiger charge is 2.26. The van der Waals surface area contributed by atoms with Crippen molar-refractivity contribution >= 4 is 44.9 Å². The molecular formula is C25H30N4O2S2. The van der Waals surface area contributed by atoms with Gasteiger partial charge in [0.25, 0.3) is 5.56 Å². The normalized spacial score (nSPS) is 17.3. The number of amides is 1. The van der Waals surface area contributed by atoms with Gasteiger partial charge in [-0.3, -0.25) is 14.2 Å². The minimum Gasteiger partial charge on any atom is -0.368 e. The lowest BCUT2D eigenvalue weighted by Crippen LogP contribution is -2.49. The van der Waals surface area contributed by atoms with Gasteiger partial charge in [-0.25, -0.2) is 4.98 Å². The first-order chi connectivity index (χ1) is 16.0. The van der Waals surface area contributed by atoms with Crippen LogP contribution in [0.3, 0.4) is 0 Å². The molecule has 2 aliphatic rings. The number of anilines is 1. The number of piperazine rings is 1. The number of aryl methyl sites for hydroxylation is 2. The van der Waals surface area contributed by atoms with Crippen LogP contribution in [0.2, 0.25) is 0 Å². The summed E-state index contributed by atoms with van der Waals surface area (Å²) in [5.74, 6) is 0.442. The lowest BCUT2D eigenvalue weighted by molar-refractivity contribution is -0.128. The number of carbonyl (C=O) groups is 1. The van der Waals surface area contributed by atoms with Gasteiger partial charge in [-0.05, 0) is 44.4 Å². The summed E-state index contributed by atoms with van der Waals surface area (Å²) in [6.07, 6.45) is 4.31. The maximum atomic E-state index is 13.5. The van der Waals surface area contributed by atoms with Crippen molar-refractivity contribution < 1.29 is 4.79 Å². The smallest absolute Gasteiger partial charge is 0.263 e. The number of hydrogen-bond acceptors (Lipinski definition) is 6. The summed E-state index contributed by atoms with van der Waals surface area (Å²) < 4.78 is 1.90. The van der Waals surface area contributed by atoms with Crippen molar-refractivity contribution in [2.45, 2.75) is 50.7 Å². The Morgan fingerprint density at radius 2 is 1.79 bits per heavy atom. The highest BCUT2D eigenvalue weighted by atomic mass is 32.2. The molecule has 1 aliphatic heterocycles. The van der Waals surface area contributed by atoms with Crippen LogP contribution in [-0.2, 0) is 4.79 Å². The Morgan fingerprint density at radius 1 is 1.09 bits per heavy atom. The zero-order valence-corrected chi connectivity index (χ0v) is 20.9. The molecule has 0 N–H and O–H groups in total. The van der Waals surface area contributed by atoms with Crippen molar-refractivity contribution in [3.05, 3.63) is 51.1 Å². The molecule has 0 spiro atoms. The predicted octanol–water partition coefficient (Wildman–Crippen LogP) is 4.63. The molecule has 1 saturated heterocycles. The molecule has 0 atom stereocenters. The molecule has 1 amide bonds. The molecule has 0 radical (unpaired) electrons. The van der Waals surface area contributed by atoms with Gasteiger partial charge in [0, 0.05) is 42.8 Å². The number of benzene rings is 1. The zero-order chi connectivity index (χ0) is 22.9. The fourth-order valence-corrected chi connectivity index (χ4v) is 6.98. The van der Waals surface area contributed by atoms with Gasteiger partial charge in [-0.1, -0.05) is 42.8 Å². The highest BCUT2D eigenvalue weighted by Crippen LogP contribution is 2.34. The number of hydrogen-bond donors (Lipinski definition) is 0. The van der Waals surface area contributed by atoms with E-state index < -0.39 is 0 Å². The monoisotopic (exact) mass is 482 g/mol. The summed E-state index contributed by atoms with van der Waals surface area (Å²) in [4.78, 5) is 37.6. The molecule has 0 bridgehead atoms. The average molecular weight is 483 g/mol. The van der Waals surface area contributed by atoms with E-state index in [0.29, 0.717) is 10.9 Å². The van der Waals surface area contributed by atoms with Crippen molar-refractivity contribution in [1.29, 1.82) is 0 Å². The Hall–Kier alpha value is -2.32. The predicted molar refractivity (Wildman–Crippen MR) is 137 cm³/mol. The van der Waals surface area contributed by atoms with Crippen molar-refractivity contribution in [2.75, 3.05) is 36.8 Å². The topological polar surface area (TPSA) is 58.4 Å². The van der Waals surface area contributed by atoms with E-state index in [4.69, 9.17) is 4.98 Å². The van der Waals surface area contributed by atoms with Crippen LogP contribution in [0.4, 0.5) is 5.69 Å². The minimum atomic E-state index is 0.0696. The molecule has 6 nitrogen and oxygen atoms in total. The van der Waals surface area contributed by atoms with Crippen LogP contribution in [0.5, 0.6) is 0 Å². The van der Waals surface area contributed by atoms with Crippen molar-refractivity contribution in [1.82, 2.24) is 14.5 Å². The lowest BCUT2D eigenvalue weighted by atomic mass is 10.2. The highest BCUT2D eigenvalue weighted by molar-refractivity contribution is 7.99. The molecule has 1 aromatic carbocycles. The van der Waals surface area contributed by atoms with Gasteiger partial charge < -0.3 is 9.80 Å². The minimum absolute atomic E-state index is 0.0696. The summed E-state index contributed by atoms with van der Waals surface area (Å²) in [6, 6.07) is 10.6. The van der Waals surface area contributed by atoms with Crippen LogP contribution in [0, 0.1) is 13.8 Å². The van der Waals surface area contributed by atoms with Crippen molar-refractivity contribution in [2.24, 2.45) is 0 Å². The number of carbonyl (C=O) groups excluding carboxylic acids is 1. The molecular weight excluding hydrogens is 452 g/mol. The van der Waals surface area contributed by atoms with Crippen LogP contribution in [0.25, 0.3) is 10.2 Å². The molecule has 8 heteroatoms. The van der Waals surface area contributed by atoms with E-state index >= 15 is 0 Å². The van der Waals surface area contributed by atoms with Crippen molar-refractivity contribution in [3.63, 3.8) is 0 Å². The van der Waals surface area contributed by atoms with Gasteiger partial charge in [0.05, 0.1) is 11.1 Å². The second kappa shape index (κ2) is 9.50. The van der Waals surface area contributed by atoms with Gasteiger partial charge in [0.2, 0.25) is 5.91 Å². The van der Waals surface area contributed by atoms with E-state index in [1.54, 1.807) is 11.3 Å². The molecule has 1 saturated carbocycles. The molecule has 2 fully saturated rings. The molecule has 174 valence electrons. The van der Waals surface area contributed by atoms with Gasteiger partial charge in [-0.15, -0.1) is 11.3 Å². The average Bonchev–Trinajstić information content (AvgIpc) is 3.46. The largest absolute Gasteiger partial charge is 0.368 e. The third-order valence-electron chi connectivity index (χ3n) is 6.97. The molecule has 5 rings (SSSR count). The van der Waals surface area contributed by atoms with E-state index in [-0.39, 0.29) is 17.5 Å². The molecule has 2 aromatic heterocycles. The van der Waals surface area contributed by atoms with Crippen LogP contribution < -0.4 is 10.5 Å². The lowest BCUT2D eigenvalue weighted by Gasteiger charge is -2.36. The first kappa shape index (κ1) is 22.5. The Kier molecular flexibility index (Phi) is 6.47. The molecule has 33 heavy (non-hydrogen) atoms. The number of thiophene rings is 1. The number of aromatic nitrogens is 2. The summed E-state index contributed by atoms with van der Waals surface area (Å²) in [5.41, 5.74) is 2.32. The standard InChI is InChI=1S/C25H30N4O2S2/c1-17-18(2)33-23-22(17)24(31)29(20-10-6-7-11-20)25(26-23)32-16-21(30)28-14-12-27(13-15-28)19-8-4-3-5-9-19/h3-5,8-9,20H,6-7,10-16H2,1-2H3. The first-order valence-corrected chi connectivity index (χ1v) is 13.6. The fourth-order valence-electron chi connectivity index (χ4n) is 4.94. The van der Waals surface area contributed by atoms with Crippen LogP contribution in [-0.4, -0.2) is 52.3 Å². The summed E-state index contributed by atoms with van der Waals surface area (Å²) in [5, 5.41) is 1.47. The summed E-state index contributed by atoms with van der Waals surface area (Å²) >= 11 is 3.01. The zero-order valence-electron chi connectivity index (χ0n) is 19.2. The summed E-state index contributed by atoms with van der Waals surface area (Å²) in [7, 11) is 0. The molecule has 3 heterocycles. The Bertz CT molecular complexity index is 1210. The Labute approximate surface area is 202 Å². The molecule has 3 aromatic rings. The number of rotatable bonds is 5. The van der Waals surface area contributed by atoms with E-state index in [1.165, 1.54) is 17.4 Å². The van der Waals surface area contributed by atoms with Crippen LogP contribution in [0.1, 0.15) is 42.2 Å². The van der Waals surface area contributed by atoms with E-state index in [0.717, 1.165) is 72.5 Å². The number of fused-ring (bicyclic) bond motifs is 1. The maximum Gasteiger partial charge on any atom is 0.263 e. The van der Waals surface area contributed by atoms with Gasteiger partial charge in [0.15, 0.2) is 5.16 Å². The number of thioether (sulfide) groups is 1. The second-order valence-corrected chi connectivity index (χ2v) is 11.1.